The number of rotatable bonds is 4. The second-order valence-electron chi connectivity index (χ2n) is 4.39. The van der Waals surface area contributed by atoms with Crippen LogP contribution in [-0.2, 0) is 16.1 Å². The maximum absolute atomic E-state index is 11.9. The van der Waals surface area contributed by atoms with E-state index in [0.717, 1.165) is 5.56 Å². The number of carbonyl (C=O) groups is 1. The van der Waals surface area contributed by atoms with E-state index < -0.39 is 0 Å². The molecule has 0 aromatic heterocycles. The Morgan fingerprint density at radius 1 is 1.42 bits per heavy atom. The minimum Gasteiger partial charge on any atom is -0.445 e. The highest BCUT2D eigenvalue weighted by molar-refractivity contribution is 7.97. The highest BCUT2D eigenvalue weighted by Crippen LogP contribution is 2.22. The molecule has 1 fully saturated rings. The van der Waals surface area contributed by atoms with Crippen molar-refractivity contribution < 1.29 is 14.3 Å². The van der Waals surface area contributed by atoms with Gasteiger partial charge in [0.05, 0.1) is 17.9 Å². The maximum Gasteiger partial charge on any atom is 0.410 e. The quantitative estimate of drug-likeness (QED) is 0.850. The van der Waals surface area contributed by atoms with Gasteiger partial charge < -0.3 is 14.4 Å². The van der Waals surface area contributed by atoms with Gasteiger partial charge in [0.2, 0.25) is 0 Å². The van der Waals surface area contributed by atoms with Gasteiger partial charge in [-0.2, -0.15) is 0 Å². The Kier molecular flexibility index (Phi) is 5.07. The maximum atomic E-state index is 11.9. The molecule has 5 nitrogen and oxygen atoms in total. The molecule has 2 N–H and O–H groups in total. The van der Waals surface area contributed by atoms with Crippen LogP contribution in [-0.4, -0.2) is 42.5 Å². The summed E-state index contributed by atoms with van der Waals surface area (Å²) in [7, 11) is 1.63. The van der Waals surface area contributed by atoms with Crippen LogP contribution < -0.4 is 5.14 Å². The molecule has 2 atom stereocenters. The van der Waals surface area contributed by atoms with Crippen LogP contribution in [0.4, 0.5) is 4.79 Å². The molecule has 1 saturated heterocycles. The lowest BCUT2D eigenvalue weighted by Gasteiger charge is -2.15. The first-order valence-corrected chi connectivity index (χ1v) is 7.03. The third kappa shape index (κ3) is 3.62. The van der Waals surface area contributed by atoms with Crippen LogP contribution in [0.15, 0.2) is 30.3 Å². The molecule has 1 amide bonds. The summed E-state index contributed by atoms with van der Waals surface area (Å²) < 4.78 is 10.6. The monoisotopic (exact) mass is 282 g/mol. The number of hydrogen-bond donors (Lipinski definition) is 1. The zero-order chi connectivity index (χ0) is 13.7. The molecule has 0 bridgehead atoms. The molecule has 19 heavy (non-hydrogen) atoms. The van der Waals surface area contributed by atoms with Crippen LogP contribution in [0.1, 0.15) is 5.56 Å². The minimum absolute atomic E-state index is 0.0284. The molecular formula is C13H18N2O3S. The zero-order valence-electron chi connectivity index (χ0n) is 10.8. The fraction of sp³-hybridized carbons (Fsp3) is 0.462. The first kappa shape index (κ1) is 14.2. The molecule has 0 radical (unpaired) electrons. The number of nitrogens with zero attached hydrogens (tertiary/aromatic N) is 1. The fourth-order valence-corrected chi connectivity index (χ4v) is 2.70. The average molecular weight is 282 g/mol. The molecule has 0 aliphatic carbocycles. The molecule has 1 aliphatic heterocycles. The Morgan fingerprint density at radius 3 is 2.74 bits per heavy atom. The number of carbonyl (C=O) groups excluding carboxylic acids is 1. The van der Waals surface area contributed by atoms with Crippen molar-refractivity contribution in [1.82, 2.24) is 4.90 Å². The first-order valence-electron chi connectivity index (χ1n) is 6.08. The Bertz CT molecular complexity index is 404. The Hall–Kier alpha value is -1.24. The lowest BCUT2D eigenvalue weighted by atomic mass is 10.2. The van der Waals surface area contributed by atoms with E-state index in [1.807, 2.05) is 30.3 Å². The van der Waals surface area contributed by atoms with Gasteiger partial charge in [0, 0.05) is 13.7 Å². The average Bonchev–Trinajstić information content (AvgIpc) is 2.89. The molecule has 2 unspecified atom stereocenters. The molecule has 0 spiro atoms. The standard InChI is InChI=1S/C13H18N2O3S/c1-17-11-7-15(8-12(11)19-14)13(16)18-9-10-5-3-2-4-6-10/h2-6,11-12H,7-9,14H2,1H3. The normalized spacial score (nSPS) is 22.5. The van der Waals surface area contributed by atoms with E-state index in [1.54, 1.807) is 12.0 Å². The largest absolute Gasteiger partial charge is 0.445 e. The number of ether oxygens (including phenoxy) is 2. The second-order valence-corrected chi connectivity index (χ2v) is 5.27. The van der Waals surface area contributed by atoms with Gasteiger partial charge >= 0.3 is 6.09 Å². The third-order valence-corrected chi connectivity index (χ3v) is 3.96. The smallest absolute Gasteiger partial charge is 0.410 e. The highest BCUT2D eigenvalue weighted by Gasteiger charge is 2.36. The SMILES string of the molecule is COC1CN(C(=O)OCc2ccccc2)CC1SN. The Balaban J connectivity index is 1.84. The Labute approximate surface area is 117 Å². The first-order chi connectivity index (χ1) is 9.24. The molecule has 1 aromatic rings. The van der Waals surface area contributed by atoms with Crippen LogP contribution in [0.2, 0.25) is 0 Å². The van der Waals surface area contributed by atoms with Gasteiger partial charge in [-0.15, -0.1) is 0 Å². The highest BCUT2D eigenvalue weighted by atomic mass is 32.2. The van der Waals surface area contributed by atoms with Crippen LogP contribution in [0.3, 0.4) is 0 Å². The van der Waals surface area contributed by atoms with E-state index >= 15 is 0 Å². The molecule has 2 rings (SSSR count). The molecule has 6 heteroatoms. The molecule has 104 valence electrons. The van der Waals surface area contributed by atoms with Crippen molar-refractivity contribution in [3.63, 3.8) is 0 Å². The summed E-state index contributed by atoms with van der Waals surface area (Å²) in [6.45, 7) is 1.38. The van der Waals surface area contributed by atoms with Crippen molar-refractivity contribution in [2.75, 3.05) is 20.2 Å². The van der Waals surface area contributed by atoms with E-state index in [-0.39, 0.29) is 24.1 Å². The van der Waals surface area contributed by atoms with Gasteiger partial charge in [0.1, 0.15) is 6.61 Å². The summed E-state index contributed by atoms with van der Waals surface area (Å²) in [5.41, 5.74) is 0.975. The van der Waals surface area contributed by atoms with Crippen LogP contribution in [0, 0.1) is 0 Å². The van der Waals surface area contributed by atoms with Crippen molar-refractivity contribution in [3.8, 4) is 0 Å². The van der Waals surface area contributed by atoms with Crippen molar-refractivity contribution in [1.29, 1.82) is 0 Å². The predicted molar refractivity (Wildman–Crippen MR) is 74.6 cm³/mol. The molecule has 1 heterocycles. The van der Waals surface area contributed by atoms with E-state index in [0.29, 0.717) is 13.1 Å². The van der Waals surface area contributed by atoms with E-state index in [4.69, 9.17) is 14.6 Å². The topological polar surface area (TPSA) is 64.8 Å². The van der Waals surface area contributed by atoms with E-state index in [2.05, 4.69) is 0 Å². The summed E-state index contributed by atoms with van der Waals surface area (Å²) in [4.78, 5) is 13.6. The van der Waals surface area contributed by atoms with Gasteiger partial charge in [0.15, 0.2) is 0 Å². The number of hydrogen-bond acceptors (Lipinski definition) is 5. The van der Waals surface area contributed by atoms with Gasteiger partial charge in [-0.25, -0.2) is 4.79 Å². The van der Waals surface area contributed by atoms with Crippen LogP contribution >= 0.6 is 11.9 Å². The molecule has 1 aliphatic rings. The van der Waals surface area contributed by atoms with Gasteiger partial charge in [-0.05, 0) is 5.56 Å². The molecular weight excluding hydrogens is 264 g/mol. The van der Waals surface area contributed by atoms with Crippen molar-refractivity contribution in [2.24, 2.45) is 5.14 Å². The number of amides is 1. The van der Waals surface area contributed by atoms with Gasteiger partial charge in [-0.1, -0.05) is 42.3 Å². The summed E-state index contributed by atoms with van der Waals surface area (Å²) in [5.74, 6) is 0. The van der Waals surface area contributed by atoms with Crippen molar-refractivity contribution in [3.05, 3.63) is 35.9 Å². The van der Waals surface area contributed by atoms with E-state index in [1.165, 1.54) is 11.9 Å². The minimum atomic E-state index is -0.317. The lowest BCUT2D eigenvalue weighted by molar-refractivity contribution is 0.0855. The molecule has 0 saturated carbocycles. The number of likely N-dealkylation sites (tertiary alicyclic amines) is 1. The second kappa shape index (κ2) is 6.79. The summed E-state index contributed by atoms with van der Waals surface area (Å²) >= 11 is 1.23. The summed E-state index contributed by atoms with van der Waals surface area (Å²) in [5, 5.41) is 5.69. The van der Waals surface area contributed by atoms with Crippen LogP contribution in [0.25, 0.3) is 0 Å². The predicted octanol–water partition coefficient (Wildman–Crippen LogP) is 1.63. The fourth-order valence-electron chi connectivity index (χ4n) is 2.06. The Morgan fingerprint density at radius 2 is 2.16 bits per heavy atom. The number of nitrogens with two attached hydrogens (primary N) is 1. The molecule has 1 aromatic carbocycles. The van der Waals surface area contributed by atoms with Gasteiger partial charge in [0.25, 0.3) is 0 Å². The summed E-state index contributed by atoms with van der Waals surface area (Å²) in [6.07, 6.45) is -0.346. The lowest BCUT2D eigenvalue weighted by Crippen LogP contribution is -2.30. The van der Waals surface area contributed by atoms with Crippen molar-refractivity contribution >= 4 is 18.0 Å². The number of methoxy groups -OCH3 is 1. The number of benzene rings is 1. The third-order valence-electron chi connectivity index (χ3n) is 3.16. The van der Waals surface area contributed by atoms with E-state index in [9.17, 15) is 4.79 Å². The summed E-state index contributed by atoms with van der Waals surface area (Å²) in [6, 6.07) is 9.61. The van der Waals surface area contributed by atoms with Gasteiger partial charge in [-0.3, -0.25) is 5.14 Å². The van der Waals surface area contributed by atoms with Crippen molar-refractivity contribution in [2.45, 2.75) is 18.0 Å². The van der Waals surface area contributed by atoms with Crippen LogP contribution in [0.5, 0.6) is 0 Å². The zero-order valence-corrected chi connectivity index (χ0v) is 11.6.